The minimum Gasteiger partial charge on any atom is -0.496 e. The molecule has 0 heterocycles. The molecule has 3 heteroatoms. The first kappa shape index (κ1) is 17.0. The van der Waals surface area contributed by atoms with Gasteiger partial charge in [-0.15, -0.1) is 0 Å². The molecule has 3 nitrogen and oxygen atoms in total. The van der Waals surface area contributed by atoms with E-state index in [1.165, 1.54) is 5.56 Å². The zero-order chi connectivity index (χ0) is 17.8. The van der Waals surface area contributed by atoms with Gasteiger partial charge in [0.2, 0.25) is 0 Å². The van der Waals surface area contributed by atoms with Gasteiger partial charge in [-0.05, 0) is 52.9 Å². The SMILES string of the molecule is CCC(C)c1ccc(NC(=O)c2cc3ccccc3cc2OC)cc1. The Balaban J connectivity index is 1.86. The summed E-state index contributed by atoms with van der Waals surface area (Å²) in [6.45, 7) is 4.37. The van der Waals surface area contributed by atoms with Crippen molar-refractivity contribution < 1.29 is 9.53 Å². The van der Waals surface area contributed by atoms with Crippen LogP contribution in [0.4, 0.5) is 5.69 Å². The molecular formula is C22H23NO2. The van der Waals surface area contributed by atoms with E-state index < -0.39 is 0 Å². The summed E-state index contributed by atoms with van der Waals surface area (Å²) in [7, 11) is 1.59. The van der Waals surface area contributed by atoms with Crippen molar-refractivity contribution in [1.82, 2.24) is 0 Å². The van der Waals surface area contributed by atoms with E-state index in [1.54, 1.807) is 7.11 Å². The lowest BCUT2D eigenvalue weighted by Crippen LogP contribution is -2.13. The Bertz CT molecular complexity index is 884. The Labute approximate surface area is 148 Å². The summed E-state index contributed by atoms with van der Waals surface area (Å²) in [5.74, 6) is 0.927. The Hall–Kier alpha value is -2.81. The molecule has 0 aliphatic carbocycles. The van der Waals surface area contributed by atoms with E-state index >= 15 is 0 Å². The van der Waals surface area contributed by atoms with Crippen molar-refractivity contribution in [3.8, 4) is 5.75 Å². The van der Waals surface area contributed by atoms with Crippen LogP contribution in [0.1, 0.15) is 42.1 Å². The lowest BCUT2D eigenvalue weighted by molar-refractivity contribution is 0.102. The van der Waals surface area contributed by atoms with Crippen molar-refractivity contribution in [2.75, 3.05) is 12.4 Å². The van der Waals surface area contributed by atoms with Crippen LogP contribution in [0.5, 0.6) is 5.75 Å². The first-order valence-electron chi connectivity index (χ1n) is 8.60. The molecule has 0 bridgehead atoms. The summed E-state index contributed by atoms with van der Waals surface area (Å²) in [5.41, 5.74) is 2.60. The highest BCUT2D eigenvalue weighted by atomic mass is 16.5. The van der Waals surface area contributed by atoms with Gasteiger partial charge in [0, 0.05) is 5.69 Å². The molecule has 3 aromatic carbocycles. The lowest BCUT2D eigenvalue weighted by Gasteiger charge is -2.13. The second-order valence-electron chi connectivity index (χ2n) is 6.29. The lowest BCUT2D eigenvalue weighted by atomic mass is 9.98. The van der Waals surface area contributed by atoms with Gasteiger partial charge in [0.15, 0.2) is 0 Å². The molecule has 0 aromatic heterocycles. The Morgan fingerprint density at radius 3 is 2.28 bits per heavy atom. The van der Waals surface area contributed by atoms with Crippen LogP contribution >= 0.6 is 0 Å². The third-order valence-electron chi connectivity index (χ3n) is 4.66. The van der Waals surface area contributed by atoms with E-state index in [4.69, 9.17) is 4.74 Å². The number of hydrogen-bond donors (Lipinski definition) is 1. The summed E-state index contributed by atoms with van der Waals surface area (Å²) >= 11 is 0. The molecule has 0 radical (unpaired) electrons. The maximum Gasteiger partial charge on any atom is 0.259 e. The highest BCUT2D eigenvalue weighted by Gasteiger charge is 2.14. The number of rotatable bonds is 5. The molecule has 128 valence electrons. The van der Waals surface area contributed by atoms with E-state index in [9.17, 15) is 4.79 Å². The summed E-state index contributed by atoms with van der Waals surface area (Å²) in [5, 5.41) is 5.03. The standard InChI is InChI=1S/C22H23NO2/c1-4-15(2)16-9-11-19(12-10-16)23-22(24)20-13-17-7-5-6-8-18(17)14-21(20)25-3/h5-15H,4H2,1-3H3,(H,23,24). The smallest absolute Gasteiger partial charge is 0.259 e. The Morgan fingerprint density at radius 1 is 1.04 bits per heavy atom. The highest BCUT2D eigenvalue weighted by Crippen LogP contribution is 2.27. The first-order chi connectivity index (χ1) is 12.1. The molecule has 3 aromatic rings. The molecule has 1 N–H and O–H groups in total. The fourth-order valence-corrected chi connectivity index (χ4v) is 2.89. The van der Waals surface area contributed by atoms with E-state index in [0.29, 0.717) is 17.2 Å². The van der Waals surface area contributed by atoms with E-state index in [1.807, 2.05) is 48.5 Å². The van der Waals surface area contributed by atoms with Gasteiger partial charge in [-0.3, -0.25) is 4.79 Å². The van der Waals surface area contributed by atoms with Gasteiger partial charge in [-0.25, -0.2) is 0 Å². The molecule has 0 spiro atoms. The van der Waals surface area contributed by atoms with Crippen LogP contribution in [-0.4, -0.2) is 13.0 Å². The average molecular weight is 333 g/mol. The minimum atomic E-state index is -0.168. The summed E-state index contributed by atoms with van der Waals surface area (Å²) in [6, 6.07) is 19.8. The summed E-state index contributed by atoms with van der Waals surface area (Å²) in [4.78, 5) is 12.7. The average Bonchev–Trinajstić information content (AvgIpc) is 2.66. The molecule has 1 atom stereocenters. The summed E-state index contributed by atoms with van der Waals surface area (Å²) < 4.78 is 5.42. The van der Waals surface area contributed by atoms with Crippen LogP contribution in [0.15, 0.2) is 60.7 Å². The van der Waals surface area contributed by atoms with Crippen molar-refractivity contribution in [2.24, 2.45) is 0 Å². The van der Waals surface area contributed by atoms with E-state index in [0.717, 1.165) is 22.9 Å². The fraction of sp³-hybridized carbons (Fsp3) is 0.227. The molecule has 1 amide bonds. The Kier molecular flexibility index (Phi) is 5.03. The second kappa shape index (κ2) is 7.39. The van der Waals surface area contributed by atoms with Gasteiger partial charge in [-0.2, -0.15) is 0 Å². The predicted octanol–water partition coefficient (Wildman–Crippen LogP) is 5.61. The molecule has 0 aliphatic heterocycles. The normalized spacial score (nSPS) is 12.0. The minimum absolute atomic E-state index is 0.168. The number of methoxy groups -OCH3 is 1. The third-order valence-corrected chi connectivity index (χ3v) is 4.66. The van der Waals surface area contributed by atoms with E-state index in [2.05, 4.69) is 31.3 Å². The molecule has 0 fully saturated rings. The topological polar surface area (TPSA) is 38.3 Å². The second-order valence-corrected chi connectivity index (χ2v) is 6.29. The quantitative estimate of drug-likeness (QED) is 0.658. The molecule has 0 saturated carbocycles. The number of anilines is 1. The fourth-order valence-electron chi connectivity index (χ4n) is 2.89. The monoisotopic (exact) mass is 333 g/mol. The third kappa shape index (κ3) is 3.66. The van der Waals surface area contributed by atoms with Crippen molar-refractivity contribution in [3.63, 3.8) is 0 Å². The Morgan fingerprint density at radius 2 is 1.68 bits per heavy atom. The van der Waals surface area contributed by atoms with Gasteiger partial charge in [0.05, 0.1) is 12.7 Å². The zero-order valence-electron chi connectivity index (χ0n) is 14.9. The van der Waals surface area contributed by atoms with Gasteiger partial charge >= 0.3 is 0 Å². The predicted molar refractivity (Wildman–Crippen MR) is 104 cm³/mol. The van der Waals surface area contributed by atoms with Crippen molar-refractivity contribution in [3.05, 3.63) is 71.8 Å². The van der Waals surface area contributed by atoms with Crippen molar-refractivity contribution in [2.45, 2.75) is 26.2 Å². The number of carbonyl (C=O) groups excluding carboxylic acids is 1. The molecule has 3 rings (SSSR count). The number of benzene rings is 3. The van der Waals surface area contributed by atoms with Gasteiger partial charge < -0.3 is 10.1 Å². The van der Waals surface area contributed by atoms with Crippen LogP contribution in [-0.2, 0) is 0 Å². The number of carbonyl (C=O) groups is 1. The number of ether oxygens (including phenoxy) is 1. The summed E-state index contributed by atoms with van der Waals surface area (Å²) in [6.07, 6.45) is 1.10. The number of hydrogen-bond acceptors (Lipinski definition) is 2. The first-order valence-corrected chi connectivity index (χ1v) is 8.60. The number of fused-ring (bicyclic) bond motifs is 1. The molecule has 25 heavy (non-hydrogen) atoms. The van der Waals surface area contributed by atoms with Crippen LogP contribution in [0, 0.1) is 0 Å². The van der Waals surface area contributed by atoms with Crippen LogP contribution in [0.3, 0.4) is 0 Å². The zero-order valence-corrected chi connectivity index (χ0v) is 14.9. The molecule has 0 saturated heterocycles. The number of nitrogens with one attached hydrogen (secondary N) is 1. The van der Waals surface area contributed by atoms with Gasteiger partial charge in [0.1, 0.15) is 5.75 Å². The van der Waals surface area contributed by atoms with Crippen molar-refractivity contribution >= 4 is 22.4 Å². The van der Waals surface area contributed by atoms with Crippen molar-refractivity contribution in [1.29, 1.82) is 0 Å². The van der Waals surface area contributed by atoms with Crippen LogP contribution in [0.25, 0.3) is 10.8 Å². The van der Waals surface area contributed by atoms with Gasteiger partial charge in [0.25, 0.3) is 5.91 Å². The van der Waals surface area contributed by atoms with E-state index in [-0.39, 0.29) is 5.91 Å². The number of amides is 1. The largest absolute Gasteiger partial charge is 0.496 e. The maximum absolute atomic E-state index is 12.7. The molecule has 1 unspecified atom stereocenters. The van der Waals surface area contributed by atoms with Crippen LogP contribution < -0.4 is 10.1 Å². The van der Waals surface area contributed by atoms with Crippen LogP contribution in [0.2, 0.25) is 0 Å². The highest BCUT2D eigenvalue weighted by molar-refractivity contribution is 6.08. The molecule has 0 aliphatic rings. The maximum atomic E-state index is 12.7. The molecular weight excluding hydrogens is 310 g/mol. The van der Waals surface area contributed by atoms with Gasteiger partial charge in [-0.1, -0.05) is 50.2 Å².